The lowest BCUT2D eigenvalue weighted by Gasteiger charge is -2.06. The first-order valence-electron chi connectivity index (χ1n) is 5.73. The molecule has 0 saturated carbocycles. The van der Waals surface area contributed by atoms with E-state index in [4.69, 9.17) is 12.2 Å². The molecule has 0 fully saturated rings. The molecule has 0 spiro atoms. The molecular formula is C14H10BrFN2S. The van der Waals surface area contributed by atoms with Gasteiger partial charge >= 0.3 is 0 Å². The zero-order chi connectivity index (χ0) is 13.6. The van der Waals surface area contributed by atoms with Gasteiger partial charge in [0.25, 0.3) is 0 Å². The van der Waals surface area contributed by atoms with Gasteiger partial charge < -0.3 is 4.98 Å². The number of rotatable bonds is 1. The Morgan fingerprint density at radius 3 is 2.79 bits per heavy atom. The van der Waals surface area contributed by atoms with Gasteiger partial charge in [0.1, 0.15) is 5.82 Å². The second-order valence-corrected chi connectivity index (χ2v) is 5.63. The van der Waals surface area contributed by atoms with E-state index in [2.05, 4.69) is 20.9 Å². The monoisotopic (exact) mass is 336 g/mol. The van der Waals surface area contributed by atoms with E-state index in [9.17, 15) is 4.39 Å². The predicted octanol–water partition coefficient (Wildman–Crippen LogP) is 4.90. The van der Waals surface area contributed by atoms with Gasteiger partial charge in [-0.1, -0.05) is 12.1 Å². The number of aromatic amines is 1. The quantitative estimate of drug-likeness (QED) is 0.627. The molecule has 1 aromatic heterocycles. The number of H-pyrrole nitrogens is 1. The first-order valence-corrected chi connectivity index (χ1v) is 6.93. The molecule has 0 bridgehead atoms. The Labute approximate surface area is 123 Å². The smallest absolute Gasteiger partial charge is 0.182 e. The average Bonchev–Trinajstić information content (AvgIpc) is 2.65. The highest BCUT2D eigenvalue weighted by molar-refractivity contribution is 9.10. The van der Waals surface area contributed by atoms with Crippen LogP contribution in [0.4, 0.5) is 4.39 Å². The predicted molar refractivity (Wildman–Crippen MR) is 80.9 cm³/mol. The molecule has 19 heavy (non-hydrogen) atoms. The summed E-state index contributed by atoms with van der Waals surface area (Å²) in [6.45, 7) is 2.03. The lowest BCUT2D eigenvalue weighted by molar-refractivity contribution is 0.623. The lowest BCUT2D eigenvalue weighted by Crippen LogP contribution is -1.94. The van der Waals surface area contributed by atoms with E-state index >= 15 is 0 Å². The Morgan fingerprint density at radius 1 is 1.26 bits per heavy atom. The maximum absolute atomic E-state index is 13.5. The molecule has 0 aliphatic rings. The van der Waals surface area contributed by atoms with Crippen LogP contribution in [0.25, 0.3) is 16.7 Å². The van der Waals surface area contributed by atoms with Crippen molar-refractivity contribution >= 4 is 39.2 Å². The molecule has 2 nitrogen and oxygen atoms in total. The number of halogens is 2. The van der Waals surface area contributed by atoms with Crippen LogP contribution in [-0.4, -0.2) is 9.55 Å². The molecule has 0 atom stereocenters. The summed E-state index contributed by atoms with van der Waals surface area (Å²) in [5.41, 5.74) is 3.65. The average molecular weight is 337 g/mol. The van der Waals surface area contributed by atoms with Crippen LogP contribution in [0.5, 0.6) is 0 Å². The van der Waals surface area contributed by atoms with Crippen molar-refractivity contribution in [3.8, 4) is 5.69 Å². The van der Waals surface area contributed by atoms with Crippen LogP contribution in [0, 0.1) is 17.5 Å². The van der Waals surface area contributed by atoms with Crippen LogP contribution in [0.15, 0.2) is 40.9 Å². The van der Waals surface area contributed by atoms with Crippen molar-refractivity contribution in [1.29, 1.82) is 0 Å². The van der Waals surface area contributed by atoms with E-state index in [1.807, 2.05) is 35.8 Å². The van der Waals surface area contributed by atoms with E-state index in [0.29, 0.717) is 14.8 Å². The molecule has 3 aromatic rings. The topological polar surface area (TPSA) is 20.7 Å². The summed E-state index contributed by atoms with van der Waals surface area (Å²) in [6, 6.07) is 11.2. The molecule has 1 heterocycles. The maximum Gasteiger partial charge on any atom is 0.182 e. The molecule has 0 aliphatic heterocycles. The third kappa shape index (κ3) is 2.13. The van der Waals surface area contributed by atoms with Crippen LogP contribution in [-0.2, 0) is 0 Å². The van der Waals surface area contributed by atoms with E-state index < -0.39 is 0 Å². The standard InChI is InChI=1S/C14H10BrFN2S/c1-8-3-2-4-9(5-8)18-13-6-10(15)11(16)7-12(13)17-14(18)19/h2-7H,1H3,(H,17,19). The molecule has 0 amide bonds. The fraction of sp³-hybridized carbons (Fsp3) is 0.0714. The van der Waals surface area contributed by atoms with Gasteiger partial charge in [0, 0.05) is 11.8 Å². The summed E-state index contributed by atoms with van der Waals surface area (Å²) < 4.78 is 16.4. The highest BCUT2D eigenvalue weighted by Crippen LogP contribution is 2.25. The highest BCUT2D eigenvalue weighted by Gasteiger charge is 2.10. The first-order chi connectivity index (χ1) is 9.06. The number of imidazole rings is 1. The summed E-state index contributed by atoms with van der Waals surface area (Å²) >= 11 is 8.54. The largest absolute Gasteiger partial charge is 0.330 e. The lowest BCUT2D eigenvalue weighted by atomic mass is 10.2. The van der Waals surface area contributed by atoms with Gasteiger partial charge in [-0.3, -0.25) is 4.57 Å². The molecule has 0 saturated heterocycles. The number of aromatic nitrogens is 2. The fourth-order valence-corrected chi connectivity index (χ4v) is 2.77. The van der Waals surface area contributed by atoms with Crippen LogP contribution >= 0.6 is 28.1 Å². The second kappa shape index (κ2) is 4.58. The van der Waals surface area contributed by atoms with Crippen molar-refractivity contribution in [1.82, 2.24) is 9.55 Å². The number of hydrogen-bond donors (Lipinski definition) is 1. The Hall–Kier alpha value is -1.46. The number of aryl methyl sites for hydroxylation is 1. The van der Waals surface area contributed by atoms with Crippen molar-refractivity contribution in [3.63, 3.8) is 0 Å². The third-order valence-corrected chi connectivity index (χ3v) is 3.88. The number of fused-ring (bicyclic) bond motifs is 1. The molecule has 96 valence electrons. The van der Waals surface area contributed by atoms with Gasteiger partial charge in [-0.2, -0.15) is 0 Å². The molecule has 1 N–H and O–H groups in total. The minimum Gasteiger partial charge on any atom is -0.330 e. The molecule has 3 rings (SSSR count). The normalized spacial score (nSPS) is 11.1. The van der Waals surface area contributed by atoms with E-state index in [1.165, 1.54) is 6.07 Å². The Morgan fingerprint density at radius 2 is 2.05 bits per heavy atom. The van der Waals surface area contributed by atoms with E-state index in [1.54, 1.807) is 6.07 Å². The number of nitrogens with zero attached hydrogens (tertiary/aromatic N) is 1. The number of hydrogen-bond acceptors (Lipinski definition) is 1. The van der Waals surface area contributed by atoms with Crippen molar-refractivity contribution in [2.45, 2.75) is 6.92 Å². The maximum atomic E-state index is 13.5. The van der Waals surface area contributed by atoms with E-state index in [0.717, 1.165) is 16.8 Å². The summed E-state index contributed by atoms with van der Waals surface area (Å²) in [5, 5.41) is 0. The van der Waals surface area contributed by atoms with Gasteiger partial charge in [0.2, 0.25) is 0 Å². The molecule has 0 radical (unpaired) electrons. The third-order valence-electron chi connectivity index (χ3n) is 2.98. The molecule has 0 unspecified atom stereocenters. The zero-order valence-corrected chi connectivity index (χ0v) is 12.5. The molecule has 2 aromatic carbocycles. The van der Waals surface area contributed by atoms with Crippen LogP contribution in [0.1, 0.15) is 5.56 Å². The van der Waals surface area contributed by atoms with Crippen molar-refractivity contribution < 1.29 is 4.39 Å². The Balaban J connectivity index is 2.38. The number of nitrogens with one attached hydrogen (secondary N) is 1. The summed E-state index contributed by atoms with van der Waals surface area (Å²) in [7, 11) is 0. The Bertz CT molecular complexity index is 835. The highest BCUT2D eigenvalue weighted by atomic mass is 79.9. The first kappa shape index (κ1) is 12.6. The molecule has 0 aliphatic carbocycles. The summed E-state index contributed by atoms with van der Waals surface area (Å²) in [4.78, 5) is 3.03. The molecule has 5 heteroatoms. The summed E-state index contributed by atoms with van der Waals surface area (Å²) in [5.74, 6) is -0.305. The number of benzene rings is 2. The SMILES string of the molecule is Cc1cccc(-n2c(=S)[nH]c3cc(F)c(Br)cc32)c1. The van der Waals surface area contributed by atoms with E-state index in [-0.39, 0.29) is 5.82 Å². The zero-order valence-electron chi connectivity index (χ0n) is 10.1. The van der Waals surface area contributed by atoms with Gasteiger partial charge in [0.15, 0.2) is 4.77 Å². The summed E-state index contributed by atoms with van der Waals surface area (Å²) in [6.07, 6.45) is 0. The Kier molecular flexibility index (Phi) is 3.03. The van der Waals surface area contributed by atoms with Gasteiger partial charge in [-0.05, 0) is 58.8 Å². The fourth-order valence-electron chi connectivity index (χ4n) is 2.13. The van der Waals surface area contributed by atoms with Crippen molar-refractivity contribution in [2.75, 3.05) is 0 Å². The minimum absolute atomic E-state index is 0.305. The van der Waals surface area contributed by atoms with Crippen molar-refractivity contribution in [2.24, 2.45) is 0 Å². The minimum atomic E-state index is -0.305. The van der Waals surface area contributed by atoms with Gasteiger partial charge in [-0.25, -0.2) is 4.39 Å². The van der Waals surface area contributed by atoms with Crippen LogP contribution in [0.2, 0.25) is 0 Å². The van der Waals surface area contributed by atoms with Crippen molar-refractivity contribution in [3.05, 3.63) is 57.0 Å². The van der Waals surface area contributed by atoms with Gasteiger partial charge in [0.05, 0.1) is 15.5 Å². The van der Waals surface area contributed by atoms with Gasteiger partial charge in [-0.15, -0.1) is 0 Å². The van der Waals surface area contributed by atoms with Crippen LogP contribution < -0.4 is 0 Å². The molecular weight excluding hydrogens is 327 g/mol. The second-order valence-electron chi connectivity index (χ2n) is 4.39. The van der Waals surface area contributed by atoms with Crippen LogP contribution in [0.3, 0.4) is 0 Å².